The van der Waals surface area contributed by atoms with Gasteiger partial charge in [-0.1, -0.05) is 47.7 Å². The largest absolute Gasteiger partial charge is 0.308 e. The van der Waals surface area contributed by atoms with E-state index >= 15 is 0 Å². The van der Waals surface area contributed by atoms with Crippen molar-refractivity contribution in [3.8, 4) is 0 Å². The number of thioether (sulfide) groups is 1. The topological polar surface area (TPSA) is 69.7 Å². The lowest BCUT2D eigenvalue weighted by atomic mass is 10.1. The number of aryl methyl sites for hydroxylation is 1. The Hall–Kier alpha value is -2.97. The number of thiocarbonyl (C=S) groups is 1. The van der Waals surface area contributed by atoms with Crippen molar-refractivity contribution in [3.05, 3.63) is 70.1 Å². The van der Waals surface area contributed by atoms with Crippen LogP contribution in [0, 0.1) is 6.92 Å². The highest BCUT2D eigenvalue weighted by Gasteiger charge is 2.42. The van der Waals surface area contributed by atoms with E-state index in [2.05, 4.69) is 5.43 Å². The Kier molecular flexibility index (Phi) is 4.97. The summed E-state index contributed by atoms with van der Waals surface area (Å²) in [4.78, 5) is 40.4. The van der Waals surface area contributed by atoms with Crippen LogP contribution in [0.15, 0.2) is 53.4 Å². The van der Waals surface area contributed by atoms with Crippen molar-refractivity contribution in [1.82, 2.24) is 10.4 Å². The van der Waals surface area contributed by atoms with Gasteiger partial charge in [-0.25, -0.2) is 0 Å². The highest BCUT2D eigenvalue weighted by atomic mass is 32.2. The summed E-state index contributed by atoms with van der Waals surface area (Å²) in [5, 5.41) is 1.04. The number of para-hydroxylation sites is 1. The summed E-state index contributed by atoms with van der Waals surface area (Å²) in [6.07, 6.45) is 0. The van der Waals surface area contributed by atoms with Gasteiger partial charge in [0.2, 0.25) is 0 Å². The van der Waals surface area contributed by atoms with E-state index in [1.54, 1.807) is 17.0 Å². The Morgan fingerprint density at radius 3 is 2.45 bits per heavy atom. The van der Waals surface area contributed by atoms with Crippen molar-refractivity contribution in [2.45, 2.75) is 13.8 Å². The molecule has 3 amide bonds. The molecule has 0 aromatic heterocycles. The van der Waals surface area contributed by atoms with Gasteiger partial charge in [0.25, 0.3) is 17.7 Å². The maximum Gasteiger partial charge on any atom is 0.286 e. The highest BCUT2D eigenvalue weighted by molar-refractivity contribution is 8.26. The molecule has 1 fully saturated rings. The van der Waals surface area contributed by atoms with Crippen LogP contribution in [-0.2, 0) is 9.59 Å². The maximum atomic E-state index is 13.0. The van der Waals surface area contributed by atoms with Crippen LogP contribution in [0.3, 0.4) is 0 Å². The molecule has 0 radical (unpaired) electrons. The molecule has 2 aromatic carbocycles. The van der Waals surface area contributed by atoms with Crippen LogP contribution in [0.2, 0.25) is 0 Å². The number of benzene rings is 2. The standard InChI is InChI=1S/C21H17N3O3S2/c1-3-23-15-7-5-4-6-14(15)16(19(23)26)17-20(27)24(21(28)29-17)22-18(25)13-10-8-12(2)9-11-13/h4-11H,3H2,1-2H3,(H,22,25). The maximum absolute atomic E-state index is 13.0. The number of anilines is 1. The lowest BCUT2D eigenvalue weighted by Crippen LogP contribution is -2.45. The Labute approximate surface area is 177 Å². The average Bonchev–Trinajstić information content (AvgIpc) is 3.15. The molecule has 2 aromatic rings. The fourth-order valence-electron chi connectivity index (χ4n) is 3.30. The summed E-state index contributed by atoms with van der Waals surface area (Å²) in [5.41, 5.74) is 5.79. The number of likely N-dealkylation sites (N-methyl/N-ethyl adjacent to an activating group) is 1. The van der Waals surface area contributed by atoms with Gasteiger partial charge in [-0.2, -0.15) is 5.01 Å². The van der Waals surface area contributed by atoms with Crippen molar-refractivity contribution in [3.63, 3.8) is 0 Å². The van der Waals surface area contributed by atoms with Gasteiger partial charge in [-0.3, -0.25) is 19.8 Å². The molecule has 0 unspecified atom stereocenters. The van der Waals surface area contributed by atoms with E-state index in [0.29, 0.717) is 23.2 Å². The first-order chi connectivity index (χ1) is 13.9. The van der Waals surface area contributed by atoms with Gasteiger partial charge in [0.15, 0.2) is 4.32 Å². The number of rotatable bonds is 3. The normalized spacial score (nSPS) is 18.5. The second-order valence-electron chi connectivity index (χ2n) is 6.59. The minimum absolute atomic E-state index is 0.179. The number of nitrogens with zero attached hydrogens (tertiary/aromatic N) is 2. The Morgan fingerprint density at radius 1 is 1.07 bits per heavy atom. The van der Waals surface area contributed by atoms with Crippen molar-refractivity contribution >= 4 is 57.3 Å². The van der Waals surface area contributed by atoms with Gasteiger partial charge in [-0.05, 0) is 44.3 Å². The molecule has 1 N–H and O–H groups in total. The number of carbonyl (C=O) groups is 3. The predicted octanol–water partition coefficient (Wildman–Crippen LogP) is 3.28. The number of amides is 3. The minimum atomic E-state index is -0.503. The van der Waals surface area contributed by atoms with E-state index in [0.717, 1.165) is 28.0 Å². The lowest BCUT2D eigenvalue weighted by Gasteiger charge is -2.16. The molecule has 0 atom stereocenters. The van der Waals surface area contributed by atoms with Crippen molar-refractivity contribution in [2.75, 3.05) is 11.4 Å². The zero-order valence-electron chi connectivity index (χ0n) is 15.8. The monoisotopic (exact) mass is 423 g/mol. The summed E-state index contributed by atoms with van der Waals surface area (Å²) in [6.45, 7) is 4.29. The summed E-state index contributed by atoms with van der Waals surface area (Å²) < 4.78 is 0.179. The number of hydrogen-bond donors (Lipinski definition) is 1. The second kappa shape index (κ2) is 7.46. The molecule has 2 heterocycles. The molecule has 146 valence electrons. The third kappa shape index (κ3) is 3.24. The number of nitrogens with one attached hydrogen (secondary N) is 1. The molecule has 1 saturated heterocycles. The fraction of sp³-hybridized carbons (Fsp3) is 0.143. The SMILES string of the molecule is CCN1C(=O)C(=C2SC(=S)N(NC(=O)c3ccc(C)cc3)C2=O)c2ccccc21. The Bertz CT molecular complexity index is 1090. The Balaban J connectivity index is 1.67. The average molecular weight is 424 g/mol. The Morgan fingerprint density at radius 2 is 1.76 bits per heavy atom. The van der Waals surface area contributed by atoms with E-state index in [-0.39, 0.29) is 15.1 Å². The van der Waals surface area contributed by atoms with Crippen molar-refractivity contribution in [2.24, 2.45) is 0 Å². The second-order valence-corrected chi connectivity index (χ2v) is 8.23. The van der Waals surface area contributed by atoms with Crippen LogP contribution in [0.25, 0.3) is 5.57 Å². The lowest BCUT2D eigenvalue weighted by molar-refractivity contribution is -0.124. The van der Waals surface area contributed by atoms with E-state index in [1.165, 1.54) is 0 Å². The first-order valence-corrected chi connectivity index (χ1v) is 10.2. The predicted molar refractivity (Wildman–Crippen MR) is 117 cm³/mol. The van der Waals surface area contributed by atoms with Gasteiger partial charge in [0.1, 0.15) is 0 Å². The van der Waals surface area contributed by atoms with Gasteiger partial charge < -0.3 is 4.90 Å². The molecule has 0 saturated carbocycles. The van der Waals surface area contributed by atoms with Crippen molar-refractivity contribution in [1.29, 1.82) is 0 Å². The van der Waals surface area contributed by atoms with Gasteiger partial charge in [0, 0.05) is 17.7 Å². The van der Waals surface area contributed by atoms with Crippen molar-refractivity contribution < 1.29 is 14.4 Å². The molecule has 0 bridgehead atoms. The van der Waals surface area contributed by atoms with Gasteiger partial charge >= 0.3 is 0 Å². The molecule has 4 rings (SSSR count). The summed E-state index contributed by atoms with van der Waals surface area (Å²) >= 11 is 6.33. The third-order valence-electron chi connectivity index (χ3n) is 4.76. The first kappa shape index (κ1) is 19.4. The van der Waals surface area contributed by atoms with E-state index in [4.69, 9.17) is 12.2 Å². The molecule has 2 aliphatic heterocycles. The van der Waals surface area contributed by atoms with Crippen LogP contribution in [0.1, 0.15) is 28.4 Å². The molecule has 29 heavy (non-hydrogen) atoms. The summed E-state index contributed by atoms with van der Waals surface area (Å²) in [7, 11) is 0. The van der Waals surface area contributed by atoms with Crippen LogP contribution < -0.4 is 10.3 Å². The van der Waals surface area contributed by atoms with Crippen LogP contribution in [0.4, 0.5) is 5.69 Å². The number of carbonyl (C=O) groups excluding carboxylic acids is 3. The first-order valence-electron chi connectivity index (χ1n) is 9.01. The molecule has 0 aliphatic carbocycles. The van der Waals surface area contributed by atoms with Crippen LogP contribution >= 0.6 is 24.0 Å². The fourth-order valence-corrected chi connectivity index (χ4v) is 4.55. The van der Waals surface area contributed by atoms with E-state index < -0.39 is 11.8 Å². The molecular formula is C21H17N3O3S2. The third-order valence-corrected chi connectivity index (χ3v) is 6.14. The zero-order chi connectivity index (χ0) is 20.7. The zero-order valence-corrected chi connectivity index (χ0v) is 17.4. The smallest absolute Gasteiger partial charge is 0.286 e. The number of fused-ring (bicyclic) bond motifs is 1. The minimum Gasteiger partial charge on any atom is -0.308 e. The summed E-state index contributed by atoms with van der Waals surface area (Å²) in [5.74, 6) is -1.18. The van der Waals surface area contributed by atoms with E-state index in [1.807, 2.05) is 50.2 Å². The van der Waals surface area contributed by atoms with Crippen LogP contribution in [0.5, 0.6) is 0 Å². The van der Waals surface area contributed by atoms with Crippen LogP contribution in [-0.4, -0.2) is 33.6 Å². The van der Waals surface area contributed by atoms with E-state index in [9.17, 15) is 14.4 Å². The molecule has 0 spiro atoms. The molecule has 6 nitrogen and oxygen atoms in total. The summed E-state index contributed by atoms with van der Waals surface area (Å²) in [6, 6.07) is 14.3. The highest BCUT2D eigenvalue weighted by Crippen LogP contribution is 2.44. The molecular weight excluding hydrogens is 406 g/mol. The van der Waals surface area contributed by atoms with Gasteiger partial charge in [0.05, 0.1) is 16.2 Å². The quantitative estimate of drug-likeness (QED) is 0.606. The number of hydrogen-bond acceptors (Lipinski definition) is 5. The molecule has 8 heteroatoms. The van der Waals surface area contributed by atoms with Gasteiger partial charge in [-0.15, -0.1) is 0 Å². The molecule has 2 aliphatic rings. The number of hydrazine groups is 1.